The predicted octanol–water partition coefficient (Wildman–Crippen LogP) is 2.03. The summed E-state index contributed by atoms with van der Waals surface area (Å²) < 4.78 is 1.69. The molecule has 2 aromatic heterocycles. The van der Waals surface area contributed by atoms with E-state index in [9.17, 15) is 9.59 Å². The summed E-state index contributed by atoms with van der Waals surface area (Å²) in [7, 11) is 1.77. The maximum atomic E-state index is 12.0. The third-order valence-electron chi connectivity index (χ3n) is 3.09. The molecule has 5 nitrogen and oxygen atoms in total. The van der Waals surface area contributed by atoms with E-state index in [1.807, 2.05) is 19.9 Å². The zero-order chi connectivity index (χ0) is 14.7. The number of aromatic nitrogens is 1. The van der Waals surface area contributed by atoms with Crippen LogP contribution < -0.4 is 10.9 Å². The van der Waals surface area contributed by atoms with Gasteiger partial charge in [0.15, 0.2) is 0 Å². The third kappa shape index (κ3) is 2.91. The molecule has 6 heteroatoms. The van der Waals surface area contributed by atoms with Crippen molar-refractivity contribution in [1.82, 2.24) is 15.4 Å². The minimum Gasteiger partial charge on any atom is -0.347 e. The van der Waals surface area contributed by atoms with Gasteiger partial charge < -0.3 is 4.57 Å². The molecule has 0 atom stereocenters. The molecule has 2 heterocycles. The lowest BCUT2D eigenvalue weighted by atomic mass is 10.2. The first-order valence-electron chi connectivity index (χ1n) is 6.34. The molecule has 20 heavy (non-hydrogen) atoms. The van der Waals surface area contributed by atoms with Gasteiger partial charge >= 0.3 is 0 Å². The fraction of sp³-hybridized carbons (Fsp3) is 0.286. The van der Waals surface area contributed by atoms with E-state index in [0.717, 1.165) is 16.9 Å². The van der Waals surface area contributed by atoms with Gasteiger partial charge in [-0.3, -0.25) is 20.4 Å². The summed E-state index contributed by atoms with van der Waals surface area (Å²) in [4.78, 5) is 25.5. The zero-order valence-electron chi connectivity index (χ0n) is 11.7. The smallest absolute Gasteiger partial charge is 0.286 e. The van der Waals surface area contributed by atoms with Crippen molar-refractivity contribution in [2.75, 3.05) is 0 Å². The van der Waals surface area contributed by atoms with E-state index in [1.54, 1.807) is 29.9 Å². The maximum Gasteiger partial charge on any atom is 0.286 e. The summed E-state index contributed by atoms with van der Waals surface area (Å²) in [6.45, 7) is 4.04. The molecule has 2 amide bonds. The molecule has 0 aromatic carbocycles. The van der Waals surface area contributed by atoms with Crippen molar-refractivity contribution in [3.63, 3.8) is 0 Å². The number of hydrogen-bond acceptors (Lipinski definition) is 3. The van der Waals surface area contributed by atoms with E-state index in [4.69, 9.17) is 0 Å². The Balaban J connectivity index is 1.98. The minimum atomic E-state index is -0.338. The Morgan fingerprint density at radius 1 is 1.30 bits per heavy atom. The van der Waals surface area contributed by atoms with E-state index in [2.05, 4.69) is 10.9 Å². The third-order valence-corrected chi connectivity index (χ3v) is 4.18. The highest BCUT2D eigenvalue weighted by Gasteiger charge is 2.14. The molecule has 0 radical (unpaired) electrons. The van der Waals surface area contributed by atoms with Crippen molar-refractivity contribution in [1.29, 1.82) is 0 Å². The number of hydrogen-bond donors (Lipinski definition) is 2. The van der Waals surface area contributed by atoms with Crippen molar-refractivity contribution >= 4 is 23.2 Å². The molecule has 0 spiro atoms. The second kappa shape index (κ2) is 5.92. The number of nitrogens with one attached hydrogen (secondary N) is 2. The van der Waals surface area contributed by atoms with E-state index in [1.165, 1.54) is 11.3 Å². The number of carbonyl (C=O) groups excluding carboxylic acids is 2. The molecule has 106 valence electrons. The number of carbonyl (C=O) groups is 2. The van der Waals surface area contributed by atoms with Gasteiger partial charge in [0.1, 0.15) is 5.69 Å². The number of rotatable bonds is 3. The van der Waals surface area contributed by atoms with E-state index in [-0.39, 0.29) is 11.8 Å². The zero-order valence-corrected chi connectivity index (χ0v) is 12.5. The van der Waals surface area contributed by atoms with E-state index in [0.29, 0.717) is 10.6 Å². The molecule has 0 fully saturated rings. The molecular formula is C14H17N3O2S. The Hall–Kier alpha value is -2.08. The molecule has 0 unspecified atom stereocenters. The Morgan fingerprint density at radius 3 is 2.55 bits per heavy atom. The summed E-state index contributed by atoms with van der Waals surface area (Å²) in [5.74, 6) is -0.629. The molecule has 0 aliphatic heterocycles. The van der Waals surface area contributed by atoms with Crippen molar-refractivity contribution < 1.29 is 9.59 Å². The Kier molecular flexibility index (Phi) is 4.24. The van der Waals surface area contributed by atoms with Crippen LogP contribution in [-0.2, 0) is 13.5 Å². The maximum absolute atomic E-state index is 12.0. The lowest BCUT2D eigenvalue weighted by Crippen LogP contribution is -2.41. The van der Waals surface area contributed by atoms with Crippen molar-refractivity contribution in [2.45, 2.75) is 20.3 Å². The van der Waals surface area contributed by atoms with Crippen LogP contribution >= 0.6 is 11.3 Å². The molecule has 0 saturated heterocycles. The first-order chi connectivity index (χ1) is 9.52. The summed E-state index contributed by atoms with van der Waals surface area (Å²) in [6, 6.07) is 5.32. The van der Waals surface area contributed by atoms with Crippen molar-refractivity contribution in [3.8, 4) is 0 Å². The van der Waals surface area contributed by atoms with Gasteiger partial charge in [-0.05, 0) is 37.1 Å². The number of nitrogens with zero attached hydrogens (tertiary/aromatic N) is 1. The van der Waals surface area contributed by atoms with Crippen LogP contribution in [0.5, 0.6) is 0 Å². The second-order valence-corrected chi connectivity index (χ2v) is 5.71. The van der Waals surface area contributed by atoms with Gasteiger partial charge in [-0.15, -0.1) is 11.3 Å². The highest BCUT2D eigenvalue weighted by molar-refractivity contribution is 7.14. The highest BCUT2D eigenvalue weighted by atomic mass is 32.1. The predicted molar refractivity (Wildman–Crippen MR) is 78.8 cm³/mol. The van der Waals surface area contributed by atoms with Gasteiger partial charge in [0.25, 0.3) is 11.8 Å². The van der Waals surface area contributed by atoms with Gasteiger partial charge in [-0.25, -0.2) is 0 Å². The fourth-order valence-corrected chi connectivity index (χ4v) is 2.93. The summed E-state index contributed by atoms with van der Waals surface area (Å²) in [5, 5.41) is 0. The van der Waals surface area contributed by atoms with Crippen LogP contribution in [0.4, 0.5) is 0 Å². The van der Waals surface area contributed by atoms with Crippen LogP contribution in [0.1, 0.15) is 37.5 Å². The Bertz CT molecular complexity index is 643. The van der Waals surface area contributed by atoms with Crippen LogP contribution in [0.15, 0.2) is 24.4 Å². The van der Waals surface area contributed by atoms with Crippen molar-refractivity contribution in [2.24, 2.45) is 7.05 Å². The van der Waals surface area contributed by atoms with E-state index >= 15 is 0 Å². The van der Waals surface area contributed by atoms with Crippen molar-refractivity contribution in [3.05, 3.63) is 45.4 Å². The summed E-state index contributed by atoms with van der Waals surface area (Å²) in [6.07, 6.45) is 2.66. The number of thiophene rings is 1. The molecule has 2 aromatic rings. The van der Waals surface area contributed by atoms with Crippen LogP contribution in [0.3, 0.4) is 0 Å². The number of aryl methyl sites for hydroxylation is 3. The molecule has 2 N–H and O–H groups in total. The summed E-state index contributed by atoms with van der Waals surface area (Å²) in [5.41, 5.74) is 6.50. The van der Waals surface area contributed by atoms with Crippen LogP contribution in [-0.4, -0.2) is 16.4 Å². The quantitative estimate of drug-likeness (QED) is 0.850. The highest BCUT2D eigenvalue weighted by Crippen LogP contribution is 2.21. The van der Waals surface area contributed by atoms with Gasteiger partial charge in [-0.1, -0.05) is 6.92 Å². The monoisotopic (exact) mass is 291 g/mol. The van der Waals surface area contributed by atoms with Gasteiger partial charge in [-0.2, -0.15) is 0 Å². The first kappa shape index (κ1) is 14.3. The average Bonchev–Trinajstić information content (AvgIpc) is 3.01. The van der Waals surface area contributed by atoms with E-state index < -0.39 is 0 Å². The molecule has 0 saturated carbocycles. The van der Waals surface area contributed by atoms with Gasteiger partial charge in [0.05, 0.1) is 4.88 Å². The largest absolute Gasteiger partial charge is 0.347 e. The normalized spacial score (nSPS) is 10.3. The molecule has 2 rings (SSSR count). The molecular weight excluding hydrogens is 274 g/mol. The van der Waals surface area contributed by atoms with Gasteiger partial charge in [0.2, 0.25) is 0 Å². The molecule has 0 aliphatic rings. The fourth-order valence-electron chi connectivity index (χ4n) is 1.92. The first-order valence-corrected chi connectivity index (χ1v) is 7.16. The van der Waals surface area contributed by atoms with Gasteiger partial charge in [0, 0.05) is 18.1 Å². The topological polar surface area (TPSA) is 63.1 Å². The lowest BCUT2D eigenvalue weighted by Gasteiger charge is -2.06. The molecule has 0 aliphatic carbocycles. The number of amides is 2. The second-order valence-electron chi connectivity index (χ2n) is 4.46. The number of hydrazine groups is 1. The Labute approximate surface area is 121 Å². The summed E-state index contributed by atoms with van der Waals surface area (Å²) >= 11 is 1.43. The van der Waals surface area contributed by atoms with Crippen LogP contribution in [0, 0.1) is 6.92 Å². The Morgan fingerprint density at radius 2 is 2.00 bits per heavy atom. The van der Waals surface area contributed by atoms with Crippen LogP contribution in [0.2, 0.25) is 0 Å². The minimum absolute atomic E-state index is 0.291. The lowest BCUT2D eigenvalue weighted by molar-refractivity contribution is 0.0844. The molecule has 0 bridgehead atoms. The average molecular weight is 291 g/mol. The van der Waals surface area contributed by atoms with Crippen LogP contribution in [0.25, 0.3) is 0 Å². The standard InChI is InChI=1S/C14H17N3O2S/c1-4-10-8-12(20-9(10)2)14(19)16-15-13(18)11-6-5-7-17(11)3/h5-8H,4H2,1-3H3,(H,15,18)(H,16,19). The SMILES string of the molecule is CCc1cc(C(=O)NNC(=O)c2cccn2C)sc1C.